The summed E-state index contributed by atoms with van der Waals surface area (Å²) in [5.41, 5.74) is 1.93. The first-order chi connectivity index (χ1) is 8.02. The number of benzene rings is 1. The Kier molecular flexibility index (Phi) is 4.68. The predicted molar refractivity (Wildman–Crippen MR) is 67.5 cm³/mol. The fraction of sp³-hybridized carbons (Fsp3) is 0.385. The van der Waals surface area contributed by atoms with E-state index in [0.29, 0.717) is 0 Å². The molecule has 4 nitrogen and oxygen atoms in total. The quantitative estimate of drug-likeness (QED) is 0.859. The Morgan fingerprint density at radius 2 is 2.06 bits per heavy atom. The van der Waals surface area contributed by atoms with Crippen LogP contribution in [-0.4, -0.2) is 30.4 Å². The molecule has 0 aliphatic rings. The molecule has 0 bridgehead atoms. The topological polar surface area (TPSA) is 56.1 Å². The molecule has 1 aromatic rings. The van der Waals surface area contributed by atoms with Crippen LogP contribution in [0.5, 0.6) is 0 Å². The maximum atomic E-state index is 11.7. The molecular formula is C13H17N3O. The highest BCUT2D eigenvalue weighted by molar-refractivity contribution is 5.92. The molecule has 1 rings (SSSR count). The largest absolute Gasteiger partial charge is 0.325 e. The summed E-state index contributed by atoms with van der Waals surface area (Å²) >= 11 is 0. The van der Waals surface area contributed by atoms with Crippen molar-refractivity contribution in [2.24, 2.45) is 0 Å². The lowest BCUT2D eigenvalue weighted by molar-refractivity contribution is -0.117. The third-order valence-corrected chi connectivity index (χ3v) is 2.58. The van der Waals surface area contributed by atoms with Gasteiger partial charge in [0.1, 0.15) is 0 Å². The van der Waals surface area contributed by atoms with Crippen molar-refractivity contribution in [3.8, 4) is 6.07 Å². The van der Waals surface area contributed by atoms with Crippen LogP contribution in [0.2, 0.25) is 0 Å². The molecule has 0 aromatic heterocycles. The molecular weight excluding hydrogens is 214 g/mol. The molecule has 0 aliphatic carbocycles. The van der Waals surface area contributed by atoms with E-state index in [9.17, 15) is 4.79 Å². The Bertz CT molecular complexity index is 419. The molecule has 0 aliphatic heterocycles. The number of likely N-dealkylation sites (N-methyl/N-ethyl adjacent to an activating group) is 1. The minimum absolute atomic E-state index is 0.113. The first-order valence-corrected chi connectivity index (χ1v) is 5.49. The number of amides is 1. The summed E-state index contributed by atoms with van der Waals surface area (Å²) in [6.45, 7) is 3.97. The van der Waals surface area contributed by atoms with E-state index in [-0.39, 0.29) is 18.5 Å². The van der Waals surface area contributed by atoms with E-state index in [1.165, 1.54) is 0 Å². The van der Waals surface area contributed by atoms with Gasteiger partial charge in [0.2, 0.25) is 5.91 Å². The lowest BCUT2D eigenvalue weighted by Crippen LogP contribution is -2.35. The molecule has 0 heterocycles. The number of carbonyl (C=O) groups excluding carboxylic acids is 1. The van der Waals surface area contributed by atoms with E-state index in [2.05, 4.69) is 11.4 Å². The highest BCUT2D eigenvalue weighted by Crippen LogP contribution is 2.08. The van der Waals surface area contributed by atoms with Crippen LogP contribution in [0.1, 0.15) is 12.5 Å². The van der Waals surface area contributed by atoms with E-state index in [1.54, 1.807) is 18.9 Å². The average molecular weight is 231 g/mol. The second kappa shape index (κ2) is 6.02. The van der Waals surface area contributed by atoms with Gasteiger partial charge < -0.3 is 5.32 Å². The Hall–Kier alpha value is -1.86. The standard InChI is InChI=1S/C13H17N3O/c1-10-4-6-12(7-5-10)15-13(17)9-16(3)11(2)8-14/h4-7,11H,9H2,1-3H3,(H,15,17). The maximum Gasteiger partial charge on any atom is 0.238 e. The van der Waals surface area contributed by atoms with Crippen LogP contribution in [0.4, 0.5) is 5.69 Å². The van der Waals surface area contributed by atoms with E-state index in [0.717, 1.165) is 11.3 Å². The Labute approximate surface area is 102 Å². The van der Waals surface area contributed by atoms with Gasteiger partial charge in [0.15, 0.2) is 0 Å². The van der Waals surface area contributed by atoms with Crippen LogP contribution in [-0.2, 0) is 4.79 Å². The molecule has 1 N–H and O–H groups in total. The third kappa shape index (κ3) is 4.25. The normalized spacial score (nSPS) is 11.9. The first kappa shape index (κ1) is 13.2. The highest BCUT2D eigenvalue weighted by Gasteiger charge is 2.11. The van der Waals surface area contributed by atoms with Gasteiger partial charge >= 0.3 is 0 Å². The maximum absolute atomic E-state index is 11.7. The Morgan fingerprint density at radius 3 is 2.59 bits per heavy atom. The van der Waals surface area contributed by atoms with Crippen LogP contribution < -0.4 is 5.32 Å². The van der Waals surface area contributed by atoms with Gasteiger partial charge in [-0.1, -0.05) is 17.7 Å². The predicted octanol–water partition coefficient (Wildman–Crippen LogP) is 1.78. The number of anilines is 1. The van der Waals surface area contributed by atoms with E-state index < -0.39 is 0 Å². The van der Waals surface area contributed by atoms with Crippen molar-refractivity contribution in [1.82, 2.24) is 4.90 Å². The molecule has 0 saturated carbocycles. The molecule has 17 heavy (non-hydrogen) atoms. The minimum Gasteiger partial charge on any atom is -0.325 e. The highest BCUT2D eigenvalue weighted by atomic mass is 16.2. The average Bonchev–Trinajstić information content (AvgIpc) is 2.30. The van der Waals surface area contributed by atoms with Crippen molar-refractivity contribution in [2.45, 2.75) is 19.9 Å². The SMILES string of the molecule is Cc1ccc(NC(=O)CN(C)C(C)C#N)cc1. The molecule has 1 unspecified atom stereocenters. The number of hydrogen-bond acceptors (Lipinski definition) is 3. The molecule has 1 atom stereocenters. The summed E-state index contributed by atoms with van der Waals surface area (Å²) in [5.74, 6) is -0.113. The van der Waals surface area contributed by atoms with Crippen molar-refractivity contribution in [1.29, 1.82) is 5.26 Å². The first-order valence-electron chi connectivity index (χ1n) is 5.49. The fourth-order valence-electron chi connectivity index (χ4n) is 1.30. The van der Waals surface area contributed by atoms with Crippen molar-refractivity contribution in [3.63, 3.8) is 0 Å². The van der Waals surface area contributed by atoms with Crippen LogP contribution in [0, 0.1) is 18.3 Å². The third-order valence-electron chi connectivity index (χ3n) is 2.58. The van der Waals surface area contributed by atoms with Crippen LogP contribution in [0.15, 0.2) is 24.3 Å². The summed E-state index contributed by atoms with van der Waals surface area (Å²) in [7, 11) is 1.75. The number of nitrogens with one attached hydrogen (secondary N) is 1. The second-order valence-corrected chi connectivity index (χ2v) is 4.13. The van der Waals surface area contributed by atoms with Crippen molar-refractivity contribution < 1.29 is 4.79 Å². The minimum atomic E-state index is -0.265. The zero-order valence-electron chi connectivity index (χ0n) is 10.4. The molecule has 1 aromatic carbocycles. The number of nitrogens with zero attached hydrogens (tertiary/aromatic N) is 2. The number of aryl methyl sites for hydroxylation is 1. The molecule has 0 saturated heterocycles. The zero-order chi connectivity index (χ0) is 12.8. The van der Waals surface area contributed by atoms with Gasteiger partial charge in [0, 0.05) is 5.69 Å². The molecule has 0 spiro atoms. The monoisotopic (exact) mass is 231 g/mol. The molecule has 1 amide bonds. The van der Waals surface area contributed by atoms with Gasteiger partial charge in [0.05, 0.1) is 18.7 Å². The Morgan fingerprint density at radius 1 is 1.47 bits per heavy atom. The van der Waals surface area contributed by atoms with Crippen molar-refractivity contribution in [2.75, 3.05) is 18.9 Å². The van der Waals surface area contributed by atoms with Crippen molar-refractivity contribution in [3.05, 3.63) is 29.8 Å². The smallest absolute Gasteiger partial charge is 0.238 e. The molecule has 4 heteroatoms. The molecule has 0 fully saturated rings. The van der Waals surface area contributed by atoms with Gasteiger partial charge in [-0.25, -0.2) is 0 Å². The number of carbonyl (C=O) groups is 1. The van der Waals surface area contributed by atoms with E-state index in [1.807, 2.05) is 31.2 Å². The Balaban J connectivity index is 2.50. The van der Waals surface area contributed by atoms with Gasteiger partial charge in [0.25, 0.3) is 0 Å². The number of nitriles is 1. The lowest BCUT2D eigenvalue weighted by atomic mass is 10.2. The van der Waals surface area contributed by atoms with Crippen molar-refractivity contribution >= 4 is 11.6 Å². The van der Waals surface area contributed by atoms with E-state index >= 15 is 0 Å². The summed E-state index contributed by atoms with van der Waals surface area (Å²) in [6.07, 6.45) is 0. The number of rotatable bonds is 4. The summed E-state index contributed by atoms with van der Waals surface area (Å²) < 4.78 is 0. The summed E-state index contributed by atoms with van der Waals surface area (Å²) in [5, 5.41) is 11.5. The molecule has 0 radical (unpaired) electrons. The molecule has 90 valence electrons. The lowest BCUT2D eigenvalue weighted by Gasteiger charge is -2.18. The van der Waals surface area contributed by atoms with Gasteiger partial charge in [-0.15, -0.1) is 0 Å². The van der Waals surface area contributed by atoms with Gasteiger partial charge in [-0.05, 0) is 33.0 Å². The number of hydrogen-bond donors (Lipinski definition) is 1. The summed E-state index contributed by atoms with van der Waals surface area (Å²) in [4.78, 5) is 13.4. The fourth-order valence-corrected chi connectivity index (χ4v) is 1.30. The van der Waals surface area contributed by atoms with E-state index in [4.69, 9.17) is 5.26 Å². The van der Waals surface area contributed by atoms with Crippen LogP contribution >= 0.6 is 0 Å². The van der Waals surface area contributed by atoms with Gasteiger partial charge in [-0.2, -0.15) is 5.26 Å². The van der Waals surface area contributed by atoms with Gasteiger partial charge in [-0.3, -0.25) is 9.69 Å². The zero-order valence-corrected chi connectivity index (χ0v) is 10.4. The second-order valence-electron chi connectivity index (χ2n) is 4.13. The van der Waals surface area contributed by atoms with Crippen LogP contribution in [0.3, 0.4) is 0 Å². The van der Waals surface area contributed by atoms with Crippen LogP contribution in [0.25, 0.3) is 0 Å². The summed E-state index contributed by atoms with van der Waals surface area (Å²) in [6, 6.07) is 9.43.